The summed E-state index contributed by atoms with van der Waals surface area (Å²) >= 11 is 1.11. The maximum absolute atomic E-state index is 13.0. The van der Waals surface area contributed by atoms with E-state index in [1.54, 1.807) is 0 Å². The van der Waals surface area contributed by atoms with Crippen molar-refractivity contribution in [3.8, 4) is 0 Å². The van der Waals surface area contributed by atoms with Crippen LogP contribution >= 0.6 is 11.3 Å². The lowest BCUT2D eigenvalue weighted by Gasteiger charge is -2.23. The fourth-order valence-electron chi connectivity index (χ4n) is 1.54. The van der Waals surface area contributed by atoms with Crippen LogP contribution < -0.4 is 5.14 Å². The molecular weight excluding hydrogens is 257 g/mol. The van der Waals surface area contributed by atoms with Crippen LogP contribution in [-0.2, 0) is 25.3 Å². The van der Waals surface area contributed by atoms with Crippen LogP contribution in [0.15, 0.2) is 15.7 Å². The summed E-state index contributed by atoms with van der Waals surface area (Å²) in [6, 6.07) is 0. The fourth-order valence-corrected chi connectivity index (χ4v) is 3.60. The first kappa shape index (κ1) is 11.9. The number of thiophene rings is 1. The van der Waals surface area contributed by atoms with Gasteiger partial charge in [-0.2, -0.15) is 11.3 Å². The lowest BCUT2D eigenvalue weighted by Crippen LogP contribution is -2.31. The van der Waals surface area contributed by atoms with Gasteiger partial charge < -0.3 is 9.47 Å². The van der Waals surface area contributed by atoms with Gasteiger partial charge in [-0.25, -0.2) is 17.9 Å². The van der Waals surface area contributed by atoms with E-state index in [1.807, 2.05) is 0 Å². The molecule has 1 aliphatic rings. The van der Waals surface area contributed by atoms with E-state index in [0.717, 1.165) is 11.3 Å². The molecule has 0 spiro atoms. The zero-order valence-electron chi connectivity index (χ0n) is 8.18. The van der Waals surface area contributed by atoms with Crippen molar-refractivity contribution in [2.45, 2.75) is 10.7 Å². The van der Waals surface area contributed by atoms with E-state index in [2.05, 4.69) is 0 Å². The maximum atomic E-state index is 13.0. The van der Waals surface area contributed by atoms with E-state index < -0.39 is 22.5 Å². The van der Waals surface area contributed by atoms with Gasteiger partial charge >= 0.3 is 0 Å². The second kappa shape index (κ2) is 4.04. The third kappa shape index (κ3) is 1.87. The highest BCUT2D eigenvalue weighted by molar-refractivity contribution is 7.89. The first-order valence-electron chi connectivity index (χ1n) is 4.43. The lowest BCUT2D eigenvalue weighted by molar-refractivity contribution is -0.178. The molecule has 0 saturated carbocycles. The largest absolute Gasteiger partial charge is 0.341 e. The number of halogens is 1. The van der Waals surface area contributed by atoms with Crippen molar-refractivity contribution in [2.24, 2.45) is 5.14 Å². The summed E-state index contributed by atoms with van der Waals surface area (Å²) in [5.74, 6) is -1.61. The Morgan fingerprint density at radius 1 is 1.44 bits per heavy atom. The monoisotopic (exact) mass is 267 g/mol. The molecule has 5 nitrogen and oxygen atoms in total. The molecule has 1 saturated heterocycles. The summed E-state index contributed by atoms with van der Waals surface area (Å²) in [4.78, 5) is -0.142. The molecule has 0 aliphatic carbocycles. The molecule has 0 unspecified atom stereocenters. The maximum Gasteiger partial charge on any atom is 0.239 e. The Hall–Kier alpha value is -0.540. The minimum Gasteiger partial charge on any atom is -0.341 e. The molecule has 1 aliphatic heterocycles. The summed E-state index contributed by atoms with van der Waals surface area (Å²) in [6.07, 6.45) is 0. The molecule has 0 atom stereocenters. The molecule has 8 heteroatoms. The van der Waals surface area contributed by atoms with E-state index in [0.29, 0.717) is 0 Å². The number of hydrogen-bond donors (Lipinski definition) is 1. The van der Waals surface area contributed by atoms with Crippen molar-refractivity contribution in [3.63, 3.8) is 0 Å². The summed E-state index contributed by atoms with van der Waals surface area (Å²) in [5.41, 5.74) is 0.139. The van der Waals surface area contributed by atoms with Gasteiger partial charge in [0.05, 0.1) is 13.2 Å². The molecule has 2 rings (SSSR count). The number of sulfonamides is 1. The number of alkyl halides is 1. The molecule has 0 amide bonds. The number of nitrogens with two attached hydrogens (primary N) is 1. The highest BCUT2D eigenvalue weighted by Crippen LogP contribution is 2.37. The van der Waals surface area contributed by atoms with E-state index in [1.165, 1.54) is 10.8 Å². The molecule has 1 fully saturated rings. The van der Waals surface area contributed by atoms with Crippen molar-refractivity contribution in [1.29, 1.82) is 0 Å². The molecule has 0 radical (unpaired) electrons. The minimum atomic E-state index is -3.89. The molecule has 0 aromatic carbocycles. The summed E-state index contributed by atoms with van der Waals surface area (Å²) in [7, 11) is -3.89. The Balaban J connectivity index is 2.52. The van der Waals surface area contributed by atoms with Crippen molar-refractivity contribution in [3.05, 3.63) is 16.3 Å². The van der Waals surface area contributed by atoms with Crippen LogP contribution in [0.3, 0.4) is 0 Å². The van der Waals surface area contributed by atoms with Crippen LogP contribution in [0.1, 0.15) is 5.56 Å². The molecule has 1 aromatic heterocycles. The quantitative estimate of drug-likeness (QED) is 0.868. The average Bonchev–Trinajstić information content (AvgIpc) is 2.86. The molecular formula is C8H10FNO4S2. The number of hydrogen-bond acceptors (Lipinski definition) is 5. The Morgan fingerprint density at radius 3 is 2.56 bits per heavy atom. The first-order valence-corrected chi connectivity index (χ1v) is 6.92. The normalized spacial score (nSPS) is 20.1. The van der Waals surface area contributed by atoms with Crippen LogP contribution in [0.25, 0.3) is 0 Å². The summed E-state index contributed by atoms with van der Waals surface area (Å²) in [5, 5.41) is 7.85. The zero-order chi connectivity index (χ0) is 11.8. The summed E-state index contributed by atoms with van der Waals surface area (Å²) in [6.45, 7) is -0.500. The average molecular weight is 267 g/mol. The van der Waals surface area contributed by atoms with Crippen molar-refractivity contribution in [2.75, 3.05) is 19.9 Å². The van der Waals surface area contributed by atoms with Gasteiger partial charge in [0.2, 0.25) is 15.8 Å². The van der Waals surface area contributed by atoms with Crippen molar-refractivity contribution >= 4 is 21.4 Å². The van der Waals surface area contributed by atoms with Crippen LogP contribution in [0.4, 0.5) is 4.39 Å². The SMILES string of the molecule is NS(=O)(=O)c1cscc1C1(CF)OCCO1. The Morgan fingerprint density at radius 2 is 2.06 bits per heavy atom. The molecule has 2 heterocycles. The van der Waals surface area contributed by atoms with Crippen molar-refractivity contribution in [1.82, 2.24) is 0 Å². The van der Waals surface area contributed by atoms with E-state index >= 15 is 0 Å². The number of primary sulfonamides is 1. The molecule has 2 N–H and O–H groups in total. The van der Waals surface area contributed by atoms with Crippen molar-refractivity contribution < 1.29 is 22.3 Å². The van der Waals surface area contributed by atoms with Gasteiger partial charge in [0.15, 0.2) is 0 Å². The van der Waals surface area contributed by atoms with Gasteiger partial charge in [-0.05, 0) is 0 Å². The zero-order valence-corrected chi connectivity index (χ0v) is 9.81. The standard InChI is InChI=1S/C8H10FNO4S2/c9-5-8(13-1-2-14-8)6-3-15-4-7(6)16(10,11)12/h3-4H,1-2,5H2,(H2,10,11,12). The van der Waals surface area contributed by atoms with Gasteiger partial charge in [-0.3, -0.25) is 0 Å². The van der Waals surface area contributed by atoms with E-state index in [4.69, 9.17) is 14.6 Å². The molecule has 90 valence electrons. The second-order valence-electron chi connectivity index (χ2n) is 3.28. The van der Waals surface area contributed by atoms with Crippen LogP contribution in [-0.4, -0.2) is 28.3 Å². The third-order valence-corrected chi connectivity index (χ3v) is 4.12. The second-order valence-corrected chi connectivity index (χ2v) is 5.55. The Labute approximate surface area is 96.0 Å². The smallest absolute Gasteiger partial charge is 0.239 e. The van der Waals surface area contributed by atoms with Gasteiger partial charge in [0, 0.05) is 16.3 Å². The predicted octanol–water partition coefficient (Wildman–Crippen LogP) is 0.565. The Bertz CT molecular complexity index is 478. The fraction of sp³-hybridized carbons (Fsp3) is 0.500. The summed E-state index contributed by atoms with van der Waals surface area (Å²) < 4.78 is 45.9. The van der Waals surface area contributed by atoms with Crippen LogP contribution in [0.2, 0.25) is 0 Å². The van der Waals surface area contributed by atoms with Gasteiger partial charge in [0.25, 0.3) is 0 Å². The molecule has 0 bridgehead atoms. The van der Waals surface area contributed by atoms with E-state index in [9.17, 15) is 12.8 Å². The number of ether oxygens (including phenoxy) is 2. The van der Waals surface area contributed by atoms with Gasteiger partial charge in [-0.1, -0.05) is 0 Å². The molecule has 1 aromatic rings. The Kier molecular flexibility index (Phi) is 3.01. The van der Waals surface area contributed by atoms with E-state index in [-0.39, 0.29) is 23.7 Å². The first-order chi connectivity index (χ1) is 7.49. The topological polar surface area (TPSA) is 78.6 Å². The highest BCUT2D eigenvalue weighted by Gasteiger charge is 2.42. The highest BCUT2D eigenvalue weighted by atomic mass is 32.2. The van der Waals surface area contributed by atoms with Gasteiger partial charge in [0.1, 0.15) is 11.6 Å². The predicted molar refractivity (Wildman–Crippen MR) is 55.2 cm³/mol. The van der Waals surface area contributed by atoms with Crippen LogP contribution in [0.5, 0.6) is 0 Å². The van der Waals surface area contributed by atoms with Crippen LogP contribution in [0, 0.1) is 0 Å². The minimum absolute atomic E-state index is 0.139. The van der Waals surface area contributed by atoms with Gasteiger partial charge in [-0.15, -0.1) is 0 Å². The lowest BCUT2D eigenvalue weighted by atomic mass is 10.1. The third-order valence-electron chi connectivity index (χ3n) is 2.27. The molecule has 16 heavy (non-hydrogen) atoms. The number of rotatable bonds is 3.